The van der Waals surface area contributed by atoms with Gasteiger partial charge in [-0.2, -0.15) is 0 Å². The van der Waals surface area contributed by atoms with Gasteiger partial charge in [0.2, 0.25) is 5.91 Å². The molecule has 126 valence electrons. The number of anilines is 1. The van der Waals surface area contributed by atoms with Gasteiger partial charge in [0.25, 0.3) is 0 Å². The second-order valence-electron chi connectivity index (χ2n) is 5.95. The molecule has 0 unspecified atom stereocenters. The lowest BCUT2D eigenvalue weighted by molar-refractivity contribution is -0.111. The minimum Gasteiger partial charge on any atom is -0.322 e. The standard InChI is InChI=1S/C19H19N5O/c1-14(2)16-9-6-15(7-10-16)8-11-19(25)21-17-4-3-5-18(12-17)24-13-20-22-23-24/h3-14H,1-2H3,(H,21,25)/b11-8+. The summed E-state index contributed by atoms with van der Waals surface area (Å²) in [6, 6.07) is 15.5. The molecule has 6 heteroatoms. The third-order valence-electron chi connectivity index (χ3n) is 3.76. The number of nitrogens with zero attached hydrogens (tertiary/aromatic N) is 4. The van der Waals surface area contributed by atoms with Crippen LogP contribution in [0.2, 0.25) is 0 Å². The van der Waals surface area contributed by atoms with Crippen LogP contribution < -0.4 is 5.32 Å². The van der Waals surface area contributed by atoms with Gasteiger partial charge in [0.15, 0.2) is 0 Å². The zero-order chi connectivity index (χ0) is 17.6. The normalized spacial score (nSPS) is 11.2. The zero-order valence-corrected chi connectivity index (χ0v) is 14.1. The van der Waals surface area contributed by atoms with Crippen LogP contribution in [0.4, 0.5) is 5.69 Å². The number of hydrogen-bond acceptors (Lipinski definition) is 4. The van der Waals surface area contributed by atoms with Crippen LogP contribution in [0, 0.1) is 0 Å². The molecule has 2 aromatic carbocycles. The van der Waals surface area contributed by atoms with E-state index in [1.54, 1.807) is 12.1 Å². The number of carbonyl (C=O) groups is 1. The molecule has 0 saturated carbocycles. The fourth-order valence-electron chi connectivity index (χ4n) is 2.35. The molecule has 0 fully saturated rings. The molecule has 6 nitrogen and oxygen atoms in total. The second kappa shape index (κ2) is 7.53. The van der Waals surface area contributed by atoms with Crippen LogP contribution in [0.5, 0.6) is 0 Å². The predicted molar refractivity (Wildman–Crippen MR) is 97.3 cm³/mol. The van der Waals surface area contributed by atoms with E-state index in [1.807, 2.05) is 30.3 Å². The van der Waals surface area contributed by atoms with Crippen molar-refractivity contribution in [1.29, 1.82) is 0 Å². The molecule has 0 saturated heterocycles. The summed E-state index contributed by atoms with van der Waals surface area (Å²) in [4.78, 5) is 12.1. The summed E-state index contributed by atoms with van der Waals surface area (Å²) in [5, 5.41) is 13.9. The van der Waals surface area contributed by atoms with Crippen molar-refractivity contribution >= 4 is 17.7 Å². The van der Waals surface area contributed by atoms with Gasteiger partial charge in [0.1, 0.15) is 6.33 Å². The van der Waals surface area contributed by atoms with Gasteiger partial charge in [-0.3, -0.25) is 4.79 Å². The number of nitrogens with one attached hydrogen (secondary N) is 1. The van der Waals surface area contributed by atoms with Crippen molar-refractivity contribution in [3.8, 4) is 5.69 Å². The lowest BCUT2D eigenvalue weighted by Crippen LogP contribution is -2.08. The molecule has 0 aliphatic rings. The zero-order valence-electron chi connectivity index (χ0n) is 14.1. The van der Waals surface area contributed by atoms with Crippen molar-refractivity contribution in [1.82, 2.24) is 20.2 Å². The van der Waals surface area contributed by atoms with Gasteiger partial charge >= 0.3 is 0 Å². The van der Waals surface area contributed by atoms with E-state index >= 15 is 0 Å². The van der Waals surface area contributed by atoms with Crippen LogP contribution in [0.25, 0.3) is 11.8 Å². The maximum atomic E-state index is 12.1. The Bertz CT molecular complexity index is 867. The highest BCUT2D eigenvalue weighted by Gasteiger charge is 2.02. The maximum absolute atomic E-state index is 12.1. The number of hydrogen-bond donors (Lipinski definition) is 1. The summed E-state index contributed by atoms with van der Waals surface area (Å²) in [7, 11) is 0. The molecule has 3 aromatic rings. The summed E-state index contributed by atoms with van der Waals surface area (Å²) < 4.78 is 1.53. The largest absolute Gasteiger partial charge is 0.322 e. The van der Waals surface area contributed by atoms with E-state index in [4.69, 9.17) is 0 Å². The molecule has 3 rings (SSSR count). The third-order valence-corrected chi connectivity index (χ3v) is 3.76. The average Bonchev–Trinajstić information content (AvgIpc) is 3.15. The van der Waals surface area contributed by atoms with Crippen molar-refractivity contribution in [3.63, 3.8) is 0 Å². The van der Waals surface area contributed by atoms with E-state index in [0.717, 1.165) is 11.3 Å². The Kier molecular flexibility index (Phi) is 4.99. The Balaban J connectivity index is 1.65. The van der Waals surface area contributed by atoms with Gasteiger partial charge in [-0.1, -0.05) is 44.2 Å². The molecule has 1 amide bonds. The van der Waals surface area contributed by atoms with Gasteiger partial charge in [0, 0.05) is 11.8 Å². The van der Waals surface area contributed by atoms with E-state index in [1.165, 1.54) is 22.6 Å². The van der Waals surface area contributed by atoms with E-state index < -0.39 is 0 Å². The highest BCUT2D eigenvalue weighted by Crippen LogP contribution is 2.16. The average molecular weight is 333 g/mol. The first kappa shape index (κ1) is 16.6. The van der Waals surface area contributed by atoms with E-state index in [-0.39, 0.29) is 5.91 Å². The molecule has 0 spiro atoms. The summed E-state index contributed by atoms with van der Waals surface area (Å²) >= 11 is 0. The maximum Gasteiger partial charge on any atom is 0.248 e. The van der Waals surface area contributed by atoms with Crippen molar-refractivity contribution in [2.24, 2.45) is 0 Å². The number of carbonyl (C=O) groups excluding carboxylic acids is 1. The van der Waals surface area contributed by atoms with Crippen molar-refractivity contribution < 1.29 is 4.79 Å². The Morgan fingerprint density at radius 3 is 2.64 bits per heavy atom. The van der Waals surface area contributed by atoms with Crippen molar-refractivity contribution in [2.45, 2.75) is 19.8 Å². The first-order chi connectivity index (χ1) is 12.1. The summed E-state index contributed by atoms with van der Waals surface area (Å²) in [6.07, 6.45) is 4.82. The van der Waals surface area contributed by atoms with Gasteiger partial charge in [-0.05, 0) is 51.7 Å². The monoisotopic (exact) mass is 333 g/mol. The molecule has 0 radical (unpaired) electrons. The second-order valence-corrected chi connectivity index (χ2v) is 5.95. The van der Waals surface area contributed by atoms with Crippen LogP contribution in [-0.2, 0) is 4.79 Å². The SMILES string of the molecule is CC(C)c1ccc(/C=C/C(=O)Nc2cccc(-n3cnnn3)c2)cc1. The molecular weight excluding hydrogens is 314 g/mol. The van der Waals surface area contributed by atoms with E-state index in [2.05, 4.69) is 46.8 Å². The topological polar surface area (TPSA) is 72.7 Å². The molecule has 0 aliphatic heterocycles. The number of rotatable bonds is 5. The Labute approximate surface area is 146 Å². The predicted octanol–water partition coefficient (Wildman–Crippen LogP) is 3.44. The van der Waals surface area contributed by atoms with Gasteiger partial charge < -0.3 is 5.32 Å². The molecular formula is C19H19N5O. The summed E-state index contributed by atoms with van der Waals surface area (Å²) in [5.74, 6) is 0.301. The highest BCUT2D eigenvalue weighted by molar-refractivity contribution is 6.02. The molecule has 0 bridgehead atoms. The quantitative estimate of drug-likeness (QED) is 0.726. The highest BCUT2D eigenvalue weighted by atomic mass is 16.1. The van der Waals surface area contributed by atoms with Crippen molar-refractivity contribution in [2.75, 3.05) is 5.32 Å². The molecule has 1 heterocycles. The lowest BCUT2D eigenvalue weighted by Gasteiger charge is -2.05. The smallest absolute Gasteiger partial charge is 0.248 e. The first-order valence-corrected chi connectivity index (χ1v) is 8.04. The Morgan fingerprint density at radius 2 is 1.96 bits per heavy atom. The van der Waals surface area contributed by atoms with E-state index in [9.17, 15) is 4.79 Å². The molecule has 0 aliphatic carbocycles. The van der Waals surface area contributed by atoms with Gasteiger partial charge in [-0.15, -0.1) is 5.10 Å². The number of amides is 1. The molecule has 1 aromatic heterocycles. The Hall–Kier alpha value is -3.28. The van der Waals surface area contributed by atoms with E-state index in [0.29, 0.717) is 11.6 Å². The molecule has 1 N–H and O–H groups in total. The number of tetrazole rings is 1. The van der Waals surface area contributed by atoms with Crippen LogP contribution in [0.1, 0.15) is 30.9 Å². The van der Waals surface area contributed by atoms with Crippen LogP contribution >= 0.6 is 0 Å². The van der Waals surface area contributed by atoms with Crippen LogP contribution in [0.15, 0.2) is 60.9 Å². The number of aromatic nitrogens is 4. The third kappa shape index (κ3) is 4.38. The van der Waals surface area contributed by atoms with Crippen molar-refractivity contribution in [3.05, 3.63) is 72.1 Å². The summed E-state index contributed by atoms with van der Waals surface area (Å²) in [6.45, 7) is 4.31. The molecule has 25 heavy (non-hydrogen) atoms. The van der Waals surface area contributed by atoms with Gasteiger partial charge in [0.05, 0.1) is 5.69 Å². The van der Waals surface area contributed by atoms with Crippen LogP contribution in [0.3, 0.4) is 0 Å². The molecule has 0 atom stereocenters. The summed E-state index contributed by atoms with van der Waals surface area (Å²) in [5.41, 5.74) is 3.72. The minimum atomic E-state index is -0.193. The number of benzene rings is 2. The fourth-order valence-corrected chi connectivity index (χ4v) is 2.35. The fraction of sp³-hybridized carbons (Fsp3) is 0.158. The first-order valence-electron chi connectivity index (χ1n) is 8.04. The minimum absolute atomic E-state index is 0.193. The Morgan fingerprint density at radius 1 is 1.16 bits per heavy atom. The van der Waals surface area contributed by atoms with Crippen LogP contribution in [-0.4, -0.2) is 26.1 Å². The van der Waals surface area contributed by atoms with Gasteiger partial charge in [-0.25, -0.2) is 4.68 Å². The lowest BCUT2D eigenvalue weighted by atomic mass is 10.0.